The monoisotopic (exact) mass is 341 g/mol. The van der Waals surface area contributed by atoms with Crippen molar-refractivity contribution in [3.63, 3.8) is 0 Å². The minimum absolute atomic E-state index is 0.169. The third-order valence-electron chi connectivity index (χ3n) is 4.01. The number of methoxy groups -OCH3 is 4. The number of carbonyl (C=O) groups excluding carboxylic acids is 1. The molecule has 3 rings (SSSR count). The summed E-state index contributed by atoms with van der Waals surface area (Å²) in [4.78, 5) is 12.4. The van der Waals surface area contributed by atoms with Crippen LogP contribution >= 0.6 is 0 Å². The van der Waals surface area contributed by atoms with Crippen LogP contribution < -0.4 is 24.3 Å². The minimum atomic E-state index is -0.169. The normalized spacial score (nSPS) is 14.1. The molecule has 6 nitrogen and oxygen atoms in total. The molecular weight excluding hydrogens is 322 g/mol. The van der Waals surface area contributed by atoms with E-state index >= 15 is 0 Å². The number of hydrogen-bond donors (Lipinski definition) is 1. The van der Waals surface area contributed by atoms with Gasteiger partial charge in [0.15, 0.2) is 11.5 Å². The Bertz CT molecular complexity index is 832. The van der Waals surface area contributed by atoms with Crippen molar-refractivity contribution in [1.29, 1.82) is 0 Å². The molecular formula is C19H19NO5. The van der Waals surface area contributed by atoms with Gasteiger partial charge in [-0.25, -0.2) is 0 Å². The first-order chi connectivity index (χ1) is 12.1. The summed E-state index contributed by atoms with van der Waals surface area (Å²) in [7, 11) is 6.24. The summed E-state index contributed by atoms with van der Waals surface area (Å²) in [5.74, 6) is 2.09. The molecule has 0 atom stereocenters. The molecule has 0 aromatic heterocycles. The third-order valence-corrected chi connectivity index (χ3v) is 4.01. The zero-order valence-electron chi connectivity index (χ0n) is 14.5. The lowest BCUT2D eigenvalue weighted by Gasteiger charge is -2.13. The van der Waals surface area contributed by atoms with E-state index in [2.05, 4.69) is 5.32 Å². The van der Waals surface area contributed by atoms with E-state index in [9.17, 15) is 4.79 Å². The molecule has 25 heavy (non-hydrogen) atoms. The van der Waals surface area contributed by atoms with Crippen molar-refractivity contribution >= 4 is 23.2 Å². The van der Waals surface area contributed by atoms with Gasteiger partial charge in [-0.2, -0.15) is 0 Å². The fourth-order valence-electron chi connectivity index (χ4n) is 2.80. The fraction of sp³-hybridized carbons (Fsp3) is 0.211. The van der Waals surface area contributed by atoms with Crippen molar-refractivity contribution < 1.29 is 23.7 Å². The van der Waals surface area contributed by atoms with Crippen molar-refractivity contribution in [2.24, 2.45) is 0 Å². The summed E-state index contributed by atoms with van der Waals surface area (Å²) in [5.41, 5.74) is 2.87. The first kappa shape index (κ1) is 16.7. The van der Waals surface area contributed by atoms with Gasteiger partial charge in [0.05, 0.1) is 34.1 Å². The van der Waals surface area contributed by atoms with Gasteiger partial charge in [0.1, 0.15) is 5.75 Å². The topological polar surface area (TPSA) is 66.0 Å². The Balaban J connectivity index is 2.09. The quantitative estimate of drug-likeness (QED) is 0.846. The molecule has 2 aromatic carbocycles. The molecule has 0 bridgehead atoms. The van der Waals surface area contributed by atoms with E-state index < -0.39 is 0 Å². The lowest BCUT2D eigenvalue weighted by molar-refractivity contribution is -0.110. The molecule has 0 unspecified atom stereocenters. The smallest absolute Gasteiger partial charge is 0.256 e. The van der Waals surface area contributed by atoms with Crippen molar-refractivity contribution in [3.05, 3.63) is 41.5 Å². The largest absolute Gasteiger partial charge is 0.497 e. The molecule has 0 spiro atoms. The number of anilines is 1. The third kappa shape index (κ3) is 2.98. The summed E-state index contributed by atoms with van der Waals surface area (Å²) in [6.07, 6.45) is 1.79. The Morgan fingerprint density at radius 3 is 2.12 bits per heavy atom. The van der Waals surface area contributed by atoms with Crippen LogP contribution in [-0.4, -0.2) is 34.3 Å². The van der Waals surface area contributed by atoms with E-state index in [-0.39, 0.29) is 5.91 Å². The molecule has 2 aromatic rings. The highest BCUT2D eigenvalue weighted by Gasteiger charge is 2.25. The van der Waals surface area contributed by atoms with Gasteiger partial charge in [-0.1, -0.05) is 0 Å². The van der Waals surface area contributed by atoms with Crippen LogP contribution in [0.2, 0.25) is 0 Å². The zero-order chi connectivity index (χ0) is 18.0. The first-order valence-electron chi connectivity index (χ1n) is 7.62. The van der Waals surface area contributed by atoms with E-state index in [0.29, 0.717) is 28.6 Å². The number of amides is 1. The Hall–Kier alpha value is -3.15. The number of carbonyl (C=O) groups is 1. The highest BCUT2D eigenvalue weighted by molar-refractivity contribution is 6.35. The Labute approximate surface area is 146 Å². The van der Waals surface area contributed by atoms with Gasteiger partial charge in [-0.15, -0.1) is 0 Å². The molecule has 6 heteroatoms. The van der Waals surface area contributed by atoms with Crippen LogP contribution in [0.15, 0.2) is 30.3 Å². The predicted molar refractivity (Wildman–Crippen MR) is 95.6 cm³/mol. The highest BCUT2D eigenvalue weighted by atomic mass is 16.5. The number of ether oxygens (including phenoxy) is 4. The predicted octanol–water partition coefficient (Wildman–Crippen LogP) is 3.21. The fourth-order valence-corrected chi connectivity index (χ4v) is 2.80. The van der Waals surface area contributed by atoms with E-state index in [4.69, 9.17) is 18.9 Å². The van der Waals surface area contributed by atoms with E-state index in [1.807, 2.05) is 12.1 Å². The minimum Gasteiger partial charge on any atom is -0.497 e. The van der Waals surface area contributed by atoms with E-state index in [0.717, 1.165) is 16.8 Å². The van der Waals surface area contributed by atoms with E-state index in [1.165, 1.54) is 0 Å². The summed E-state index contributed by atoms with van der Waals surface area (Å²) < 4.78 is 21.2. The summed E-state index contributed by atoms with van der Waals surface area (Å²) in [5, 5.41) is 2.85. The number of nitrogens with one attached hydrogen (secondary N) is 1. The van der Waals surface area contributed by atoms with Crippen LogP contribution in [0.5, 0.6) is 23.0 Å². The number of rotatable bonds is 5. The van der Waals surface area contributed by atoms with Crippen molar-refractivity contribution in [1.82, 2.24) is 0 Å². The van der Waals surface area contributed by atoms with Gasteiger partial charge in [0, 0.05) is 17.2 Å². The Morgan fingerprint density at radius 1 is 0.880 bits per heavy atom. The molecule has 1 aliphatic rings. The van der Waals surface area contributed by atoms with Crippen LogP contribution in [0, 0.1) is 0 Å². The van der Waals surface area contributed by atoms with Gasteiger partial charge in [0.2, 0.25) is 5.75 Å². The molecule has 1 heterocycles. The molecule has 1 amide bonds. The first-order valence-corrected chi connectivity index (χ1v) is 7.62. The number of hydrogen-bond acceptors (Lipinski definition) is 5. The van der Waals surface area contributed by atoms with Crippen molar-refractivity contribution in [2.45, 2.75) is 0 Å². The maximum atomic E-state index is 12.4. The maximum absolute atomic E-state index is 12.4. The van der Waals surface area contributed by atoms with Gasteiger partial charge in [0.25, 0.3) is 5.91 Å². The van der Waals surface area contributed by atoms with Crippen LogP contribution in [-0.2, 0) is 4.79 Å². The average molecular weight is 341 g/mol. The maximum Gasteiger partial charge on any atom is 0.256 e. The van der Waals surface area contributed by atoms with Crippen LogP contribution in [0.4, 0.5) is 5.69 Å². The van der Waals surface area contributed by atoms with Gasteiger partial charge in [-0.05, 0) is 35.9 Å². The average Bonchev–Trinajstić information content (AvgIpc) is 2.95. The second-order valence-corrected chi connectivity index (χ2v) is 5.38. The number of fused-ring (bicyclic) bond motifs is 1. The molecule has 0 aliphatic carbocycles. The zero-order valence-corrected chi connectivity index (χ0v) is 14.5. The van der Waals surface area contributed by atoms with Crippen molar-refractivity contribution in [2.75, 3.05) is 33.8 Å². The number of benzene rings is 2. The van der Waals surface area contributed by atoms with Crippen LogP contribution in [0.25, 0.3) is 11.6 Å². The van der Waals surface area contributed by atoms with Gasteiger partial charge < -0.3 is 24.3 Å². The lowest BCUT2D eigenvalue weighted by atomic mass is 10.0. The van der Waals surface area contributed by atoms with Crippen molar-refractivity contribution in [3.8, 4) is 23.0 Å². The van der Waals surface area contributed by atoms with E-state index in [1.54, 1.807) is 52.7 Å². The summed E-state index contributed by atoms with van der Waals surface area (Å²) in [6.45, 7) is 0. The van der Waals surface area contributed by atoms with Crippen LogP contribution in [0.1, 0.15) is 11.1 Å². The lowest BCUT2D eigenvalue weighted by Crippen LogP contribution is -2.03. The summed E-state index contributed by atoms with van der Waals surface area (Å²) >= 11 is 0. The molecule has 0 saturated carbocycles. The van der Waals surface area contributed by atoms with Crippen LogP contribution in [0.3, 0.4) is 0 Å². The van der Waals surface area contributed by atoms with Gasteiger partial charge in [-0.3, -0.25) is 4.79 Å². The summed E-state index contributed by atoms with van der Waals surface area (Å²) in [6, 6.07) is 9.06. The molecule has 1 N–H and O–H groups in total. The highest BCUT2D eigenvalue weighted by Crippen LogP contribution is 2.40. The standard InChI is InChI=1S/C19H19NO5/c1-22-12-5-6-13-14(19(21)20-15(13)10-12)7-11-8-16(23-2)18(25-4)17(9-11)24-3/h5-10H,1-4H3,(H,20,21)/b14-7+. The molecule has 0 radical (unpaired) electrons. The second kappa shape index (κ2) is 6.76. The second-order valence-electron chi connectivity index (χ2n) is 5.38. The SMILES string of the molecule is COc1ccc2c(c1)NC(=O)/C2=C/c1cc(OC)c(OC)c(OC)c1. The molecule has 130 valence electrons. The molecule has 0 fully saturated rings. The molecule has 1 aliphatic heterocycles. The Morgan fingerprint density at radius 2 is 1.56 bits per heavy atom. The Kier molecular flexibility index (Phi) is 4.52. The van der Waals surface area contributed by atoms with Gasteiger partial charge >= 0.3 is 0 Å². The molecule has 0 saturated heterocycles.